The number of carbonyl (C=O) groups excluding carboxylic acids is 1. The topological polar surface area (TPSA) is 29.5 Å². The van der Waals surface area contributed by atoms with E-state index in [9.17, 15) is 18.0 Å². The molecule has 0 aromatic heterocycles. The Labute approximate surface area is 96.7 Å². The first-order valence-corrected chi connectivity index (χ1v) is 4.77. The Morgan fingerprint density at radius 2 is 1.94 bits per heavy atom. The highest BCUT2D eigenvalue weighted by Crippen LogP contribution is 2.32. The van der Waals surface area contributed by atoms with Crippen molar-refractivity contribution in [3.05, 3.63) is 34.9 Å². The molecule has 1 rings (SSSR count). The average molecular weight is 247 g/mol. The molecule has 0 spiro atoms. The van der Waals surface area contributed by atoms with Crippen LogP contribution in [0.1, 0.15) is 21.5 Å². The van der Waals surface area contributed by atoms with Crippen LogP contribution in [-0.2, 0) is 11.0 Å². The maximum absolute atomic E-state index is 12.5. The summed E-state index contributed by atoms with van der Waals surface area (Å²) >= 11 is 0. The normalized spacial score (nSPS) is 11.4. The van der Waals surface area contributed by atoms with Crippen LogP contribution in [0.5, 0.6) is 0 Å². The van der Waals surface area contributed by atoms with Crippen LogP contribution in [0, 0.1) is 6.92 Å². The van der Waals surface area contributed by atoms with Gasteiger partial charge in [0.25, 0.3) is 5.91 Å². The van der Waals surface area contributed by atoms with E-state index in [0.717, 1.165) is 17.2 Å². The van der Waals surface area contributed by atoms with Crippen LogP contribution >= 0.6 is 0 Å². The number of alkyl halides is 3. The van der Waals surface area contributed by atoms with Crippen LogP contribution in [0.2, 0.25) is 0 Å². The number of halogens is 3. The second kappa shape index (κ2) is 4.75. The van der Waals surface area contributed by atoms with Crippen molar-refractivity contribution in [3.8, 4) is 0 Å². The third-order valence-electron chi connectivity index (χ3n) is 2.34. The first kappa shape index (κ1) is 13.5. The molecule has 0 aliphatic rings. The fraction of sp³-hybridized carbons (Fsp3) is 0.364. The monoisotopic (exact) mass is 247 g/mol. The molecule has 0 aliphatic carbocycles. The van der Waals surface area contributed by atoms with E-state index in [2.05, 4.69) is 4.84 Å². The van der Waals surface area contributed by atoms with Gasteiger partial charge >= 0.3 is 6.18 Å². The summed E-state index contributed by atoms with van der Waals surface area (Å²) in [5.41, 5.74) is -0.582. The lowest BCUT2D eigenvalue weighted by Gasteiger charge is -2.15. The van der Waals surface area contributed by atoms with Gasteiger partial charge in [0, 0.05) is 12.6 Å². The Kier molecular flexibility index (Phi) is 3.77. The predicted molar refractivity (Wildman–Crippen MR) is 55.3 cm³/mol. The van der Waals surface area contributed by atoms with Gasteiger partial charge < -0.3 is 0 Å². The van der Waals surface area contributed by atoms with Crippen molar-refractivity contribution < 1.29 is 22.8 Å². The molecular formula is C11H12F3NO2. The van der Waals surface area contributed by atoms with Crippen LogP contribution in [0.4, 0.5) is 13.2 Å². The van der Waals surface area contributed by atoms with Gasteiger partial charge in [0.05, 0.1) is 12.7 Å². The van der Waals surface area contributed by atoms with Crippen LogP contribution in [0.15, 0.2) is 18.2 Å². The summed E-state index contributed by atoms with van der Waals surface area (Å²) in [6.07, 6.45) is -4.40. The smallest absolute Gasteiger partial charge is 0.274 e. The minimum Gasteiger partial charge on any atom is -0.274 e. The minimum absolute atomic E-state index is 0.00727. The number of hydrogen-bond donors (Lipinski definition) is 0. The highest BCUT2D eigenvalue weighted by Gasteiger charge is 2.32. The lowest BCUT2D eigenvalue weighted by Crippen LogP contribution is -2.25. The van der Waals surface area contributed by atoms with Gasteiger partial charge in [-0.05, 0) is 30.7 Å². The van der Waals surface area contributed by atoms with Crippen molar-refractivity contribution in [3.63, 3.8) is 0 Å². The second-order valence-corrected chi connectivity index (χ2v) is 3.51. The molecule has 3 nitrogen and oxygen atoms in total. The predicted octanol–water partition coefficient (Wildman–Crippen LogP) is 2.65. The van der Waals surface area contributed by atoms with E-state index < -0.39 is 17.6 Å². The van der Waals surface area contributed by atoms with E-state index in [1.807, 2.05) is 0 Å². The van der Waals surface area contributed by atoms with Crippen molar-refractivity contribution in [2.45, 2.75) is 13.1 Å². The number of benzene rings is 1. The molecule has 0 saturated carbocycles. The molecule has 0 heterocycles. The molecule has 1 amide bonds. The summed E-state index contributed by atoms with van der Waals surface area (Å²) in [5.74, 6) is -0.496. The zero-order valence-electron chi connectivity index (χ0n) is 9.63. The van der Waals surface area contributed by atoms with Gasteiger partial charge in [-0.15, -0.1) is 0 Å². The largest absolute Gasteiger partial charge is 0.416 e. The van der Waals surface area contributed by atoms with Crippen molar-refractivity contribution in [2.24, 2.45) is 0 Å². The lowest BCUT2D eigenvalue weighted by molar-refractivity contribution is -0.138. The molecule has 0 aliphatic heterocycles. The molecule has 0 unspecified atom stereocenters. The van der Waals surface area contributed by atoms with E-state index >= 15 is 0 Å². The van der Waals surface area contributed by atoms with Gasteiger partial charge in [-0.3, -0.25) is 9.63 Å². The highest BCUT2D eigenvalue weighted by molar-refractivity contribution is 5.93. The number of amides is 1. The summed E-state index contributed by atoms with van der Waals surface area (Å²) in [4.78, 5) is 16.3. The van der Waals surface area contributed by atoms with E-state index in [4.69, 9.17) is 0 Å². The van der Waals surface area contributed by atoms with Crippen molar-refractivity contribution in [1.29, 1.82) is 0 Å². The number of carbonyl (C=O) groups is 1. The highest BCUT2D eigenvalue weighted by atomic mass is 19.4. The van der Waals surface area contributed by atoms with Crippen LogP contribution < -0.4 is 0 Å². The van der Waals surface area contributed by atoms with Crippen molar-refractivity contribution >= 4 is 5.91 Å². The Hall–Kier alpha value is -1.56. The zero-order chi connectivity index (χ0) is 13.2. The third kappa shape index (κ3) is 2.97. The molecule has 0 atom stereocenters. The molecule has 1 aromatic carbocycles. The van der Waals surface area contributed by atoms with Crippen LogP contribution in [-0.4, -0.2) is 25.1 Å². The minimum atomic E-state index is -4.40. The Bertz CT molecular complexity index is 429. The fourth-order valence-electron chi connectivity index (χ4n) is 1.38. The molecule has 0 bridgehead atoms. The molecule has 0 saturated heterocycles. The first-order chi connectivity index (χ1) is 7.77. The Balaban J connectivity index is 3.09. The SMILES string of the molecule is CON(C)C(=O)c1ccc(C(F)(F)F)c(C)c1. The van der Waals surface area contributed by atoms with E-state index in [0.29, 0.717) is 0 Å². The van der Waals surface area contributed by atoms with E-state index in [1.54, 1.807) is 0 Å². The molecule has 17 heavy (non-hydrogen) atoms. The Morgan fingerprint density at radius 1 is 1.35 bits per heavy atom. The summed E-state index contributed by atoms with van der Waals surface area (Å²) in [7, 11) is 2.68. The molecule has 0 radical (unpaired) electrons. The molecule has 6 heteroatoms. The standard InChI is InChI=1S/C11H12F3NO2/c1-7-6-8(10(16)15(2)17-3)4-5-9(7)11(12,13)14/h4-6H,1-3H3. The zero-order valence-corrected chi connectivity index (χ0v) is 9.63. The summed E-state index contributed by atoms with van der Waals surface area (Å²) in [5, 5.41) is 0.946. The van der Waals surface area contributed by atoms with Crippen molar-refractivity contribution in [2.75, 3.05) is 14.2 Å². The summed E-state index contributed by atoms with van der Waals surface area (Å²) < 4.78 is 37.5. The van der Waals surface area contributed by atoms with Gasteiger partial charge in [0.15, 0.2) is 0 Å². The summed E-state index contributed by atoms with van der Waals surface area (Å²) in [6, 6.07) is 3.22. The quantitative estimate of drug-likeness (QED) is 0.752. The maximum Gasteiger partial charge on any atom is 0.416 e. The number of hydroxylamine groups is 2. The third-order valence-corrected chi connectivity index (χ3v) is 2.34. The van der Waals surface area contributed by atoms with Gasteiger partial charge in [-0.2, -0.15) is 13.2 Å². The Morgan fingerprint density at radius 3 is 2.35 bits per heavy atom. The van der Waals surface area contributed by atoms with Crippen molar-refractivity contribution in [1.82, 2.24) is 5.06 Å². The van der Waals surface area contributed by atoms with Gasteiger partial charge in [-0.25, -0.2) is 5.06 Å². The average Bonchev–Trinajstić information content (AvgIpc) is 2.25. The van der Waals surface area contributed by atoms with Gasteiger partial charge in [-0.1, -0.05) is 0 Å². The number of rotatable bonds is 2. The number of nitrogens with zero attached hydrogens (tertiary/aromatic N) is 1. The van der Waals surface area contributed by atoms with E-state index in [-0.39, 0.29) is 11.1 Å². The lowest BCUT2D eigenvalue weighted by atomic mass is 10.0. The van der Waals surface area contributed by atoms with E-state index in [1.165, 1.54) is 27.1 Å². The number of aryl methyl sites for hydroxylation is 1. The van der Waals surface area contributed by atoms with Gasteiger partial charge in [0.1, 0.15) is 0 Å². The van der Waals surface area contributed by atoms with Crippen LogP contribution in [0.25, 0.3) is 0 Å². The van der Waals surface area contributed by atoms with Crippen LogP contribution in [0.3, 0.4) is 0 Å². The first-order valence-electron chi connectivity index (χ1n) is 4.77. The van der Waals surface area contributed by atoms with Gasteiger partial charge in [0.2, 0.25) is 0 Å². The molecule has 94 valence electrons. The molecule has 0 N–H and O–H groups in total. The summed E-state index contributed by atoms with van der Waals surface area (Å²) in [6.45, 7) is 1.31. The molecule has 0 fully saturated rings. The molecule has 1 aromatic rings. The fourth-order valence-corrected chi connectivity index (χ4v) is 1.38. The maximum atomic E-state index is 12.5. The number of hydrogen-bond acceptors (Lipinski definition) is 2. The molecular weight excluding hydrogens is 235 g/mol. The second-order valence-electron chi connectivity index (χ2n) is 3.51.